The largest absolute Gasteiger partial charge is 0.508 e. The molecule has 1 aliphatic carbocycles. The van der Waals surface area contributed by atoms with E-state index < -0.39 is 23.8 Å². The zero-order valence-electron chi connectivity index (χ0n) is 22.3. The van der Waals surface area contributed by atoms with Gasteiger partial charge in [-0.2, -0.15) is 0 Å². The van der Waals surface area contributed by atoms with Gasteiger partial charge in [0.05, 0.1) is 0 Å². The van der Waals surface area contributed by atoms with Gasteiger partial charge in [0.25, 0.3) is 0 Å². The second-order valence-electron chi connectivity index (χ2n) is 11.0. The number of phenols is 1. The van der Waals surface area contributed by atoms with Crippen LogP contribution in [0.1, 0.15) is 92.2 Å². The van der Waals surface area contributed by atoms with Gasteiger partial charge in [0.2, 0.25) is 11.8 Å². The molecule has 0 saturated heterocycles. The van der Waals surface area contributed by atoms with Crippen molar-refractivity contribution in [1.29, 1.82) is 0 Å². The molecule has 0 aliphatic heterocycles. The maximum atomic E-state index is 14.0. The zero-order valence-corrected chi connectivity index (χ0v) is 22.3. The van der Waals surface area contributed by atoms with Crippen molar-refractivity contribution < 1.29 is 24.2 Å². The van der Waals surface area contributed by atoms with E-state index in [9.17, 15) is 19.5 Å². The maximum Gasteiger partial charge on any atom is 0.408 e. The fourth-order valence-electron chi connectivity index (χ4n) is 4.15. The highest BCUT2D eigenvalue weighted by Gasteiger charge is 2.44. The normalized spacial score (nSPS) is 16.2. The fourth-order valence-corrected chi connectivity index (χ4v) is 4.15. The predicted octanol–water partition coefficient (Wildman–Crippen LogP) is 4.67. The van der Waals surface area contributed by atoms with Gasteiger partial charge in [-0.05, 0) is 77.0 Å². The molecule has 1 aromatic rings. The van der Waals surface area contributed by atoms with Gasteiger partial charge in [0.1, 0.15) is 23.4 Å². The van der Waals surface area contributed by atoms with Gasteiger partial charge in [-0.15, -0.1) is 0 Å². The Hall–Kier alpha value is -2.77. The monoisotopic (exact) mass is 489 g/mol. The van der Waals surface area contributed by atoms with E-state index in [1.54, 1.807) is 37.8 Å². The zero-order chi connectivity index (χ0) is 26.3. The number of hydrogen-bond acceptors (Lipinski definition) is 5. The second-order valence-corrected chi connectivity index (χ2v) is 11.0. The average Bonchev–Trinajstić information content (AvgIpc) is 3.54. The third-order valence-corrected chi connectivity index (χ3v) is 5.71. The van der Waals surface area contributed by atoms with Gasteiger partial charge in [-0.25, -0.2) is 4.79 Å². The number of ether oxygens (including phenoxy) is 1. The maximum absolute atomic E-state index is 14.0. The predicted molar refractivity (Wildman–Crippen MR) is 136 cm³/mol. The molecule has 3 unspecified atom stereocenters. The Kier molecular flexibility index (Phi) is 9.98. The number of phenolic OH excluding ortho intramolecular Hbond substituents is 1. The highest BCUT2D eigenvalue weighted by atomic mass is 16.6. The van der Waals surface area contributed by atoms with Crippen molar-refractivity contribution in [1.82, 2.24) is 15.5 Å². The molecule has 8 nitrogen and oxygen atoms in total. The van der Waals surface area contributed by atoms with E-state index in [0.29, 0.717) is 12.0 Å². The lowest BCUT2D eigenvalue weighted by Crippen LogP contribution is -2.54. The van der Waals surface area contributed by atoms with Crippen molar-refractivity contribution in [3.05, 3.63) is 29.8 Å². The molecule has 3 amide bonds. The fraction of sp³-hybridized carbons (Fsp3) is 0.667. The van der Waals surface area contributed by atoms with Crippen LogP contribution in [0.25, 0.3) is 0 Å². The number of amides is 3. The molecule has 0 spiro atoms. The third kappa shape index (κ3) is 9.07. The number of carbonyl (C=O) groups is 3. The van der Waals surface area contributed by atoms with Gasteiger partial charge < -0.3 is 25.4 Å². The summed E-state index contributed by atoms with van der Waals surface area (Å²) in [5.41, 5.74) is -0.169. The van der Waals surface area contributed by atoms with Crippen molar-refractivity contribution >= 4 is 17.9 Å². The number of nitrogens with one attached hydrogen (secondary N) is 2. The second kappa shape index (κ2) is 12.3. The molecular weight excluding hydrogens is 446 g/mol. The van der Waals surface area contributed by atoms with E-state index in [1.807, 2.05) is 27.7 Å². The Labute approximate surface area is 209 Å². The molecule has 0 bridgehead atoms. The number of alkyl carbamates (subject to hydrolysis) is 1. The SMILES string of the molecule is CCCC(C)NC(=O)C(c1cccc(O)c1)N(C(=O)C(CC(C)C)NC(=O)OC(C)(C)C)C1CC1. The number of nitrogens with zero attached hydrogens (tertiary/aromatic N) is 1. The summed E-state index contributed by atoms with van der Waals surface area (Å²) in [6, 6.07) is 4.54. The molecule has 1 aliphatic rings. The summed E-state index contributed by atoms with van der Waals surface area (Å²) >= 11 is 0. The Balaban J connectivity index is 2.43. The summed E-state index contributed by atoms with van der Waals surface area (Å²) in [6.45, 7) is 13.2. The number of aromatic hydroxyl groups is 1. The molecule has 196 valence electrons. The van der Waals surface area contributed by atoms with Gasteiger partial charge in [0.15, 0.2) is 0 Å². The average molecular weight is 490 g/mol. The van der Waals surface area contributed by atoms with Gasteiger partial charge >= 0.3 is 6.09 Å². The van der Waals surface area contributed by atoms with Crippen LogP contribution in [-0.2, 0) is 14.3 Å². The Morgan fingerprint density at radius 2 is 1.80 bits per heavy atom. The number of carbonyl (C=O) groups excluding carboxylic acids is 3. The first-order chi connectivity index (χ1) is 16.3. The van der Waals surface area contributed by atoms with E-state index in [4.69, 9.17) is 4.74 Å². The number of rotatable bonds is 11. The minimum absolute atomic E-state index is 0.0238. The minimum Gasteiger partial charge on any atom is -0.508 e. The van der Waals surface area contributed by atoms with Crippen LogP contribution in [0.4, 0.5) is 4.79 Å². The van der Waals surface area contributed by atoms with Crippen LogP contribution in [-0.4, -0.2) is 51.6 Å². The third-order valence-electron chi connectivity index (χ3n) is 5.71. The molecule has 2 rings (SSSR count). The minimum atomic E-state index is -0.920. The van der Waals surface area contributed by atoms with Crippen molar-refractivity contribution in [2.24, 2.45) is 5.92 Å². The summed E-state index contributed by atoms with van der Waals surface area (Å²) in [4.78, 5) is 41.8. The van der Waals surface area contributed by atoms with E-state index in [-0.39, 0.29) is 35.6 Å². The van der Waals surface area contributed by atoms with Crippen molar-refractivity contribution in [3.8, 4) is 5.75 Å². The molecule has 3 N–H and O–H groups in total. The molecule has 1 aromatic carbocycles. The van der Waals surface area contributed by atoms with Crippen molar-refractivity contribution in [2.45, 2.75) is 110 Å². The summed E-state index contributed by atoms with van der Waals surface area (Å²) in [6.07, 6.45) is 3.02. The lowest BCUT2D eigenvalue weighted by molar-refractivity contribution is -0.143. The van der Waals surface area contributed by atoms with E-state index in [2.05, 4.69) is 10.6 Å². The Morgan fingerprint density at radius 1 is 1.14 bits per heavy atom. The summed E-state index contributed by atoms with van der Waals surface area (Å²) in [7, 11) is 0. The first-order valence-corrected chi connectivity index (χ1v) is 12.7. The highest BCUT2D eigenvalue weighted by Crippen LogP contribution is 2.37. The van der Waals surface area contributed by atoms with Crippen LogP contribution >= 0.6 is 0 Å². The lowest BCUT2D eigenvalue weighted by atomic mass is 9.98. The molecule has 3 atom stereocenters. The summed E-state index contributed by atoms with van der Waals surface area (Å²) in [5, 5.41) is 15.9. The lowest BCUT2D eigenvalue weighted by Gasteiger charge is -2.35. The molecule has 0 aromatic heterocycles. The van der Waals surface area contributed by atoms with E-state index >= 15 is 0 Å². The van der Waals surface area contributed by atoms with Crippen LogP contribution < -0.4 is 10.6 Å². The van der Waals surface area contributed by atoms with E-state index in [0.717, 1.165) is 25.7 Å². The first kappa shape index (κ1) is 28.5. The van der Waals surface area contributed by atoms with Crippen LogP contribution in [0.3, 0.4) is 0 Å². The molecule has 0 heterocycles. The molecule has 35 heavy (non-hydrogen) atoms. The molecular formula is C27H43N3O5. The van der Waals surface area contributed by atoms with E-state index in [1.165, 1.54) is 12.1 Å². The topological polar surface area (TPSA) is 108 Å². The first-order valence-electron chi connectivity index (χ1n) is 12.7. The molecule has 1 fully saturated rings. The molecule has 1 saturated carbocycles. The van der Waals surface area contributed by atoms with Gasteiger partial charge in [-0.3, -0.25) is 9.59 Å². The van der Waals surface area contributed by atoms with Crippen LogP contribution in [0, 0.1) is 5.92 Å². The van der Waals surface area contributed by atoms with Crippen molar-refractivity contribution in [3.63, 3.8) is 0 Å². The summed E-state index contributed by atoms with van der Waals surface area (Å²) in [5.74, 6) is -0.468. The van der Waals surface area contributed by atoms with Crippen LogP contribution in [0.5, 0.6) is 5.75 Å². The standard InChI is InChI=1S/C27H43N3O5/c1-8-10-18(4)28-24(32)23(19-11-9-12-21(31)16-19)30(20-13-14-20)25(33)22(15-17(2)3)29-26(34)35-27(5,6)7/h9,11-12,16-18,20,22-23,31H,8,10,13-15H2,1-7H3,(H,28,32)(H,29,34). The van der Waals surface area contributed by atoms with Gasteiger partial charge in [0, 0.05) is 12.1 Å². The van der Waals surface area contributed by atoms with Crippen LogP contribution in [0.2, 0.25) is 0 Å². The van der Waals surface area contributed by atoms with Crippen molar-refractivity contribution in [2.75, 3.05) is 0 Å². The number of hydrogen-bond donors (Lipinski definition) is 3. The molecule has 8 heteroatoms. The quantitative estimate of drug-likeness (QED) is 0.419. The van der Waals surface area contributed by atoms with Gasteiger partial charge in [-0.1, -0.05) is 39.3 Å². The number of benzene rings is 1. The summed E-state index contributed by atoms with van der Waals surface area (Å²) < 4.78 is 5.41. The Bertz CT molecular complexity index is 876. The smallest absolute Gasteiger partial charge is 0.408 e. The van der Waals surface area contributed by atoms with Crippen LogP contribution in [0.15, 0.2) is 24.3 Å². The highest BCUT2D eigenvalue weighted by molar-refractivity contribution is 5.92. The Morgan fingerprint density at radius 3 is 2.31 bits per heavy atom. The molecule has 0 radical (unpaired) electrons.